The van der Waals surface area contributed by atoms with Crippen LogP contribution in [0.4, 0.5) is 0 Å². The number of aromatic nitrogens is 2. The molecule has 0 saturated carbocycles. The molecule has 2 heterocycles. The van der Waals surface area contributed by atoms with Crippen molar-refractivity contribution in [2.24, 2.45) is 0 Å². The first kappa shape index (κ1) is 32.2. The predicted octanol–water partition coefficient (Wildman–Crippen LogP) is 13.3. The highest BCUT2D eigenvalue weighted by Gasteiger charge is 2.51. The van der Waals surface area contributed by atoms with Crippen molar-refractivity contribution >= 4 is 28.0 Å². The van der Waals surface area contributed by atoms with Crippen LogP contribution in [0.15, 0.2) is 176 Å². The van der Waals surface area contributed by atoms with Crippen molar-refractivity contribution in [2.75, 3.05) is 0 Å². The number of hydrogen-bond donors (Lipinski definition) is 0. The van der Waals surface area contributed by atoms with Crippen LogP contribution in [0.1, 0.15) is 57.5 Å². The molecule has 268 valence electrons. The van der Waals surface area contributed by atoms with Gasteiger partial charge < -0.3 is 4.74 Å². The molecule has 0 radical (unpaired) electrons. The van der Waals surface area contributed by atoms with Crippen LogP contribution >= 0.6 is 0 Å². The maximum atomic E-state index is 7.12. The summed E-state index contributed by atoms with van der Waals surface area (Å²) >= 11 is 0. The van der Waals surface area contributed by atoms with E-state index in [4.69, 9.17) is 14.7 Å². The SMILES string of the molecule is C1=CC(c2cccc3c2Oc2ccccc2C32c3ccccc3-c3ccccc32)=C(c2cc(-c3cc4c5c(cccc5c3)CC=C4)nc(-c3ccccc3)n2)CC1. The van der Waals surface area contributed by atoms with Crippen molar-refractivity contribution in [3.8, 4) is 45.3 Å². The summed E-state index contributed by atoms with van der Waals surface area (Å²) in [7, 11) is 0. The number of fused-ring (bicyclic) bond motifs is 9. The zero-order valence-corrected chi connectivity index (χ0v) is 31.2. The van der Waals surface area contributed by atoms with Crippen molar-refractivity contribution < 1.29 is 4.74 Å². The summed E-state index contributed by atoms with van der Waals surface area (Å²) in [6.45, 7) is 0. The number of rotatable bonds is 4. The Hall–Kier alpha value is -7.10. The van der Waals surface area contributed by atoms with Gasteiger partial charge >= 0.3 is 0 Å². The van der Waals surface area contributed by atoms with Crippen LogP contribution < -0.4 is 4.74 Å². The van der Waals surface area contributed by atoms with Gasteiger partial charge in [-0.25, -0.2) is 9.97 Å². The zero-order valence-electron chi connectivity index (χ0n) is 31.2. The second kappa shape index (κ2) is 12.5. The number of allylic oxidation sites excluding steroid dienone is 5. The molecule has 0 saturated heterocycles. The Morgan fingerprint density at radius 3 is 2.07 bits per heavy atom. The van der Waals surface area contributed by atoms with Gasteiger partial charge in [0.05, 0.1) is 16.8 Å². The molecule has 4 aliphatic rings. The highest BCUT2D eigenvalue weighted by atomic mass is 16.5. The summed E-state index contributed by atoms with van der Waals surface area (Å²) in [5.74, 6) is 2.51. The van der Waals surface area contributed by atoms with Gasteiger partial charge in [-0.3, -0.25) is 0 Å². The van der Waals surface area contributed by atoms with Crippen LogP contribution in [-0.2, 0) is 11.8 Å². The van der Waals surface area contributed by atoms with E-state index >= 15 is 0 Å². The molecule has 57 heavy (non-hydrogen) atoms. The highest BCUT2D eigenvalue weighted by molar-refractivity contribution is 6.01. The topological polar surface area (TPSA) is 35.0 Å². The van der Waals surface area contributed by atoms with Crippen molar-refractivity contribution in [1.82, 2.24) is 9.97 Å². The minimum atomic E-state index is -0.528. The fourth-order valence-electron chi connectivity index (χ4n) is 10.0. The largest absolute Gasteiger partial charge is 0.456 e. The lowest BCUT2D eigenvalue weighted by Gasteiger charge is -2.40. The van der Waals surface area contributed by atoms with Crippen molar-refractivity contribution in [3.63, 3.8) is 0 Å². The van der Waals surface area contributed by atoms with Gasteiger partial charge in [0.25, 0.3) is 0 Å². The molecule has 0 bridgehead atoms. The second-order valence-electron chi connectivity index (χ2n) is 15.5. The fourth-order valence-corrected chi connectivity index (χ4v) is 10.0. The van der Waals surface area contributed by atoms with Gasteiger partial charge in [-0.05, 0) is 98.8 Å². The monoisotopic (exact) mass is 728 g/mol. The third-order valence-corrected chi connectivity index (χ3v) is 12.4. The lowest BCUT2D eigenvalue weighted by Crippen LogP contribution is -2.32. The van der Waals surface area contributed by atoms with Crippen LogP contribution in [-0.4, -0.2) is 9.97 Å². The quantitative estimate of drug-likeness (QED) is 0.181. The number of benzene rings is 7. The Labute approximate surface area is 332 Å². The van der Waals surface area contributed by atoms with Gasteiger partial charge in [-0.15, -0.1) is 0 Å². The second-order valence-corrected chi connectivity index (χ2v) is 15.5. The molecule has 0 fully saturated rings. The van der Waals surface area contributed by atoms with Gasteiger partial charge in [0, 0.05) is 27.8 Å². The molecule has 0 unspecified atom stereocenters. The molecule has 3 aliphatic carbocycles. The predicted molar refractivity (Wildman–Crippen MR) is 232 cm³/mol. The van der Waals surface area contributed by atoms with E-state index in [1.807, 2.05) is 6.07 Å². The average molecular weight is 729 g/mol. The smallest absolute Gasteiger partial charge is 0.160 e. The third kappa shape index (κ3) is 4.72. The van der Waals surface area contributed by atoms with Gasteiger partial charge in [-0.2, -0.15) is 0 Å². The number of hydrogen-bond acceptors (Lipinski definition) is 3. The summed E-state index contributed by atoms with van der Waals surface area (Å²) in [6, 6.07) is 57.0. The minimum absolute atomic E-state index is 0.528. The van der Waals surface area contributed by atoms with Crippen molar-refractivity contribution in [2.45, 2.75) is 24.7 Å². The highest BCUT2D eigenvalue weighted by Crippen LogP contribution is 2.63. The van der Waals surface area contributed by atoms with E-state index in [-0.39, 0.29) is 0 Å². The summed E-state index contributed by atoms with van der Waals surface area (Å²) < 4.78 is 7.12. The first-order valence-electron chi connectivity index (χ1n) is 19.9. The standard InChI is InChI=1S/C54H36N2O/c1-2-15-35(16-3-1)53-55-48(38-31-36-19-12-17-34-18-13-20-37(32-38)51(34)36)33-49(56-53)42-24-5-4-21-39(42)43-25-14-29-47-52(43)57-50-30-11-10-28-46(50)54(47)44-26-8-6-22-40(44)41-23-7-9-27-45(41)54/h1-4,6-17,19-23,25-33H,5,18,24H2. The van der Waals surface area contributed by atoms with Crippen LogP contribution in [0.3, 0.4) is 0 Å². The number of ether oxygens (including phenoxy) is 1. The van der Waals surface area contributed by atoms with E-state index in [1.165, 1.54) is 55.3 Å². The molecule has 12 rings (SSSR count). The Morgan fingerprint density at radius 1 is 0.526 bits per heavy atom. The summed E-state index contributed by atoms with van der Waals surface area (Å²) in [4.78, 5) is 10.7. The molecular formula is C54H36N2O. The molecular weight excluding hydrogens is 693 g/mol. The van der Waals surface area contributed by atoms with E-state index < -0.39 is 5.41 Å². The molecule has 8 aromatic rings. The summed E-state index contributed by atoms with van der Waals surface area (Å²) in [5, 5.41) is 2.58. The van der Waals surface area contributed by atoms with E-state index in [9.17, 15) is 0 Å². The van der Waals surface area contributed by atoms with Gasteiger partial charge in [-0.1, -0.05) is 158 Å². The third-order valence-electron chi connectivity index (χ3n) is 12.4. The fraction of sp³-hybridized carbons (Fsp3) is 0.0741. The maximum Gasteiger partial charge on any atom is 0.160 e. The van der Waals surface area contributed by atoms with Crippen LogP contribution in [0.5, 0.6) is 11.5 Å². The number of para-hydroxylation sites is 2. The Bertz CT molecular complexity index is 3030. The molecule has 0 N–H and O–H groups in total. The molecule has 3 nitrogen and oxygen atoms in total. The van der Waals surface area contributed by atoms with Crippen LogP contribution in [0.25, 0.3) is 61.8 Å². The maximum absolute atomic E-state index is 7.12. The molecule has 0 atom stereocenters. The molecule has 7 aromatic carbocycles. The van der Waals surface area contributed by atoms with E-state index in [1.54, 1.807) is 0 Å². The summed E-state index contributed by atoms with van der Waals surface area (Å²) in [5.41, 5.74) is 16.9. The van der Waals surface area contributed by atoms with Crippen molar-refractivity contribution in [3.05, 3.63) is 221 Å². The van der Waals surface area contributed by atoms with Gasteiger partial charge in [0.15, 0.2) is 5.82 Å². The molecule has 0 amide bonds. The molecule has 3 heteroatoms. The molecule has 1 spiro atoms. The first-order valence-corrected chi connectivity index (χ1v) is 19.9. The van der Waals surface area contributed by atoms with E-state index in [0.29, 0.717) is 0 Å². The Morgan fingerprint density at radius 2 is 1.23 bits per heavy atom. The van der Waals surface area contributed by atoms with Crippen LogP contribution in [0.2, 0.25) is 0 Å². The lowest BCUT2D eigenvalue weighted by atomic mass is 9.65. The van der Waals surface area contributed by atoms with Gasteiger partial charge in [0.2, 0.25) is 0 Å². The Kier molecular flexibility index (Phi) is 7.03. The lowest BCUT2D eigenvalue weighted by molar-refractivity contribution is 0.435. The number of nitrogens with zero attached hydrogens (tertiary/aromatic N) is 2. The first-order chi connectivity index (χ1) is 28.3. The zero-order chi connectivity index (χ0) is 37.5. The van der Waals surface area contributed by atoms with Gasteiger partial charge in [0.1, 0.15) is 11.5 Å². The van der Waals surface area contributed by atoms with E-state index in [2.05, 4.69) is 176 Å². The minimum Gasteiger partial charge on any atom is -0.456 e. The average Bonchev–Trinajstić information content (AvgIpc) is 3.57. The Balaban J connectivity index is 1.10. The van der Waals surface area contributed by atoms with Crippen LogP contribution in [0, 0.1) is 0 Å². The van der Waals surface area contributed by atoms with Crippen molar-refractivity contribution in [1.29, 1.82) is 0 Å². The normalized spacial score (nSPS) is 15.2. The molecule has 1 aromatic heterocycles. The van der Waals surface area contributed by atoms with E-state index in [0.717, 1.165) is 75.8 Å². The summed E-state index contributed by atoms with van der Waals surface area (Å²) in [6.07, 6.45) is 11.8. The molecule has 1 aliphatic heterocycles.